The molecular formula is C20H22ClNO. The van der Waals surface area contributed by atoms with Crippen molar-refractivity contribution in [2.75, 3.05) is 4.90 Å². The minimum atomic E-state index is 0.687. The van der Waals surface area contributed by atoms with Crippen molar-refractivity contribution < 1.29 is 4.79 Å². The molecule has 0 saturated heterocycles. The second-order valence-corrected chi connectivity index (χ2v) is 6.05. The van der Waals surface area contributed by atoms with Crippen LogP contribution in [0.4, 0.5) is 11.4 Å². The van der Waals surface area contributed by atoms with Crippen LogP contribution in [0, 0.1) is 6.92 Å². The molecule has 23 heavy (non-hydrogen) atoms. The monoisotopic (exact) mass is 327 g/mol. The molecular weight excluding hydrogens is 306 g/mol. The zero-order chi connectivity index (χ0) is 16.8. The van der Waals surface area contributed by atoms with Gasteiger partial charge < -0.3 is 4.90 Å². The fraction of sp³-hybridized carbons (Fsp3) is 0.250. The number of allylic oxidation sites excluding steroid dienone is 2. The van der Waals surface area contributed by atoms with Gasteiger partial charge in [-0.25, -0.2) is 0 Å². The van der Waals surface area contributed by atoms with Gasteiger partial charge >= 0.3 is 0 Å². The Morgan fingerprint density at radius 3 is 2.61 bits per heavy atom. The zero-order valence-corrected chi connectivity index (χ0v) is 14.6. The highest BCUT2D eigenvalue weighted by atomic mass is 35.5. The molecule has 0 heterocycles. The van der Waals surface area contributed by atoms with Crippen molar-refractivity contribution in [3.63, 3.8) is 0 Å². The lowest BCUT2D eigenvalue weighted by atomic mass is 10.1. The van der Waals surface area contributed by atoms with Gasteiger partial charge in [0.2, 0.25) is 0 Å². The van der Waals surface area contributed by atoms with E-state index in [1.807, 2.05) is 49.4 Å². The fourth-order valence-electron chi connectivity index (χ4n) is 2.60. The minimum absolute atomic E-state index is 0.687. The van der Waals surface area contributed by atoms with Gasteiger partial charge in [-0.3, -0.25) is 4.79 Å². The van der Waals surface area contributed by atoms with Gasteiger partial charge in [-0.05, 0) is 62.2 Å². The molecule has 0 fully saturated rings. The van der Waals surface area contributed by atoms with Gasteiger partial charge in [0.15, 0.2) is 0 Å². The molecule has 2 aromatic carbocycles. The van der Waals surface area contributed by atoms with E-state index < -0.39 is 0 Å². The van der Waals surface area contributed by atoms with Gasteiger partial charge in [0, 0.05) is 27.7 Å². The predicted molar refractivity (Wildman–Crippen MR) is 98.8 cm³/mol. The molecule has 2 rings (SSSR count). The van der Waals surface area contributed by atoms with Gasteiger partial charge in [-0.2, -0.15) is 0 Å². The number of hydrogen-bond acceptors (Lipinski definition) is 2. The van der Waals surface area contributed by atoms with E-state index in [2.05, 4.69) is 24.8 Å². The zero-order valence-electron chi connectivity index (χ0n) is 13.8. The number of anilines is 2. The van der Waals surface area contributed by atoms with Crippen LogP contribution in [0.2, 0.25) is 5.02 Å². The van der Waals surface area contributed by atoms with Gasteiger partial charge in [0.05, 0.1) is 0 Å². The second-order valence-electron chi connectivity index (χ2n) is 5.61. The van der Waals surface area contributed by atoms with Gasteiger partial charge in [-0.1, -0.05) is 37.1 Å². The second kappa shape index (κ2) is 7.98. The summed E-state index contributed by atoms with van der Waals surface area (Å²) in [4.78, 5) is 13.2. The standard InChI is InChI=1S/C20H22ClNO/c1-4-5-7-16(3)22(19-9-6-8-18(21)13-19)20-11-10-17(14-23)12-15(20)2/h6-14H,4-5H2,1-3H3/b16-7+. The summed E-state index contributed by atoms with van der Waals surface area (Å²) in [6.07, 6.45) is 5.23. The quantitative estimate of drug-likeness (QED) is 0.580. The summed E-state index contributed by atoms with van der Waals surface area (Å²) in [5.74, 6) is 0. The maximum Gasteiger partial charge on any atom is 0.150 e. The number of carbonyl (C=O) groups excluding carboxylic acids is 1. The van der Waals surface area contributed by atoms with Crippen LogP contribution in [0.5, 0.6) is 0 Å². The number of rotatable bonds is 6. The molecule has 120 valence electrons. The Labute approximate surface area is 143 Å². The summed E-state index contributed by atoms with van der Waals surface area (Å²) in [7, 11) is 0. The average Bonchev–Trinajstić information content (AvgIpc) is 2.54. The van der Waals surface area contributed by atoms with E-state index in [4.69, 9.17) is 11.6 Å². The summed E-state index contributed by atoms with van der Waals surface area (Å²) < 4.78 is 0. The Balaban J connectivity index is 2.55. The first-order valence-electron chi connectivity index (χ1n) is 7.85. The molecule has 0 radical (unpaired) electrons. The Morgan fingerprint density at radius 2 is 2.00 bits per heavy atom. The average molecular weight is 328 g/mol. The fourth-order valence-corrected chi connectivity index (χ4v) is 2.78. The van der Waals surface area contributed by atoms with E-state index in [1.54, 1.807) is 0 Å². The van der Waals surface area contributed by atoms with Crippen LogP contribution >= 0.6 is 11.6 Å². The third kappa shape index (κ3) is 4.23. The van der Waals surface area contributed by atoms with Crippen molar-refractivity contribution in [3.8, 4) is 0 Å². The van der Waals surface area contributed by atoms with Gasteiger partial charge in [-0.15, -0.1) is 0 Å². The molecule has 0 amide bonds. The highest BCUT2D eigenvalue weighted by Crippen LogP contribution is 2.34. The molecule has 2 nitrogen and oxygen atoms in total. The Kier molecular flexibility index (Phi) is 6.00. The lowest BCUT2D eigenvalue weighted by Crippen LogP contribution is -2.15. The molecule has 0 aliphatic carbocycles. The predicted octanol–water partition coefficient (Wildman–Crippen LogP) is 6.30. The van der Waals surface area contributed by atoms with Crippen LogP contribution in [0.15, 0.2) is 54.2 Å². The molecule has 0 bridgehead atoms. The summed E-state index contributed by atoms with van der Waals surface area (Å²) in [5, 5.41) is 0.706. The molecule has 0 aliphatic heterocycles. The van der Waals surface area contributed by atoms with Crippen molar-refractivity contribution in [1.82, 2.24) is 0 Å². The van der Waals surface area contributed by atoms with Gasteiger partial charge in [0.25, 0.3) is 0 Å². The highest BCUT2D eigenvalue weighted by Gasteiger charge is 2.14. The van der Waals surface area contributed by atoms with Crippen molar-refractivity contribution in [2.24, 2.45) is 0 Å². The highest BCUT2D eigenvalue weighted by molar-refractivity contribution is 6.30. The maximum absolute atomic E-state index is 11.0. The SMILES string of the molecule is CCC/C=C(\C)N(c1cccc(Cl)c1)c1ccc(C=O)cc1C. The first-order chi connectivity index (χ1) is 11.1. The molecule has 0 atom stereocenters. The van der Waals surface area contributed by atoms with Crippen LogP contribution in [0.3, 0.4) is 0 Å². The summed E-state index contributed by atoms with van der Waals surface area (Å²) in [6.45, 7) is 6.29. The molecule has 3 heteroatoms. The van der Waals surface area contributed by atoms with Crippen molar-refractivity contribution in [3.05, 3.63) is 70.4 Å². The number of aryl methyl sites for hydroxylation is 1. The number of nitrogens with zero attached hydrogens (tertiary/aromatic N) is 1. The lowest BCUT2D eigenvalue weighted by molar-refractivity contribution is 0.112. The molecule has 0 saturated carbocycles. The minimum Gasteiger partial charge on any atom is -0.315 e. The Morgan fingerprint density at radius 1 is 1.22 bits per heavy atom. The van der Waals surface area contributed by atoms with Crippen LogP contribution < -0.4 is 4.90 Å². The first-order valence-corrected chi connectivity index (χ1v) is 8.23. The van der Waals surface area contributed by atoms with E-state index in [-0.39, 0.29) is 0 Å². The van der Waals surface area contributed by atoms with E-state index in [9.17, 15) is 4.79 Å². The number of carbonyl (C=O) groups is 1. The molecule has 0 unspecified atom stereocenters. The van der Waals surface area contributed by atoms with Gasteiger partial charge in [0.1, 0.15) is 6.29 Å². The topological polar surface area (TPSA) is 20.3 Å². The smallest absolute Gasteiger partial charge is 0.150 e. The summed E-state index contributed by atoms with van der Waals surface area (Å²) >= 11 is 6.18. The number of halogens is 1. The third-order valence-corrected chi connectivity index (χ3v) is 3.98. The number of unbranched alkanes of at least 4 members (excludes halogenated alkanes) is 1. The lowest BCUT2D eigenvalue weighted by Gasteiger charge is -2.28. The number of aldehydes is 1. The normalized spacial score (nSPS) is 11.4. The van der Waals surface area contributed by atoms with E-state index >= 15 is 0 Å². The van der Waals surface area contributed by atoms with Crippen LogP contribution in [-0.2, 0) is 0 Å². The van der Waals surface area contributed by atoms with Crippen LogP contribution in [-0.4, -0.2) is 6.29 Å². The van der Waals surface area contributed by atoms with Crippen molar-refractivity contribution in [2.45, 2.75) is 33.6 Å². The summed E-state index contributed by atoms with van der Waals surface area (Å²) in [6, 6.07) is 13.6. The Hall–Kier alpha value is -2.06. The maximum atomic E-state index is 11.0. The van der Waals surface area contributed by atoms with Crippen molar-refractivity contribution in [1.29, 1.82) is 0 Å². The first kappa shape index (κ1) is 17.3. The Bertz CT molecular complexity index is 721. The van der Waals surface area contributed by atoms with Crippen LogP contribution in [0.1, 0.15) is 42.6 Å². The van der Waals surface area contributed by atoms with Crippen molar-refractivity contribution >= 4 is 29.3 Å². The number of benzene rings is 2. The summed E-state index contributed by atoms with van der Waals surface area (Å²) in [5.41, 5.74) is 4.97. The largest absolute Gasteiger partial charge is 0.315 e. The molecule has 0 aromatic heterocycles. The number of hydrogen-bond donors (Lipinski definition) is 0. The van der Waals surface area contributed by atoms with E-state index in [0.29, 0.717) is 10.6 Å². The molecule has 0 aliphatic rings. The molecule has 0 N–H and O–H groups in total. The van der Waals surface area contributed by atoms with Crippen LogP contribution in [0.25, 0.3) is 0 Å². The third-order valence-electron chi connectivity index (χ3n) is 3.75. The molecule has 0 spiro atoms. The van der Waals surface area contributed by atoms with E-state index in [0.717, 1.165) is 41.8 Å². The molecule has 2 aromatic rings. The van der Waals surface area contributed by atoms with E-state index in [1.165, 1.54) is 0 Å².